The number of anilines is 1. The van der Waals surface area contributed by atoms with E-state index in [4.69, 9.17) is 9.15 Å². The molecule has 0 saturated carbocycles. The highest BCUT2D eigenvalue weighted by Crippen LogP contribution is 2.38. The number of hydrogen-bond acceptors (Lipinski definition) is 9. The van der Waals surface area contributed by atoms with Gasteiger partial charge in [-0.05, 0) is 50.3 Å². The summed E-state index contributed by atoms with van der Waals surface area (Å²) >= 11 is 1.28. The summed E-state index contributed by atoms with van der Waals surface area (Å²) in [5.74, 6) is -2.20. The lowest BCUT2D eigenvalue weighted by Gasteiger charge is -2.11. The van der Waals surface area contributed by atoms with E-state index in [0.717, 1.165) is 35.3 Å². The molecule has 1 amide bonds. The molecular weight excluding hydrogens is 454 g/mol. The topological polar surface area (TPSA) is 128 Å². The van der Waals surface area contributed by atoms with Gasteiger partial charge in [-0.1, -0.05) is 22.8 Å². The molecule has 0 fully saturated rings. The molecule has 0 radical (unpaired) electrons. The molecule has 168 valence electrons. The summed E-state index contributed by atoms with van der Waals surface area (Å²) in [6, 6.07) is 7.17. The van der Waals surface area contributed by atoms with Crippen LogP contribution in [0.15, 0.2) is 33.9 Å². The van der Waals surface area contributed by atoms with Gasteiger partial charge in [0.2, 0.25) is 21.6 Å². The van der Waals surface area contributed by atoms with Crippen molar-refractivity contribution in [2.45, 2.75) is 37.8 Å². The van der Waals surface area contributed by atoms with E-state index >= 15 is 0 Å². The third kappa shape index (κ3) is 4.44. The number of rotatable bonds is 6. The number of carbonyl (C=O) groups is 2. The van der Waals surface area contributed by atoms with Crippen molar-refractivity contribution >= 4 is 38.1 Å². The Morgan fingerprint density at radius 3 is 2.75 bits per heavy atom. The van der Waals surface area contributed by atoms with Crippen molar-refractivity contribution < 1.29 is 27.2 Å². The smallest absolute Gasteiger partial charge is 0.341 e. The fourth-order valence-corrected chi connectivity index (χ4v) is 5.80. The van der Waals surface area contributed by atoms with Gasteiger partial charge < -0.3 is 14.5 Å². The van der Waals surface area contributed by atoms with Crippen molar-refractivity contribution in [3.05, 3.63) is 45.8 Å². The molecule has 32 heavy (non-hydrogen) atoms. The van der Waals surface area contributed by atoms with E-state index in [1.807, 2.05) is 13.0 Å². The van der Waals surface area contributed by atoms with Crippen molar-refractivity contribution in [1.82, 2.24) is 10.2 Å². The number of sulfone groups is 1. The summed E-state index contributed by atoms with van der Waals surface area (Å²) in [5, 5.41) is 9.63. The molecule has 0 bridgehead atoms. The van der Waals surface area contributed by atoms with Gasteiger partial charge in [-0.15, -0.1) is 16.4 Å². The number of aromatic nitrogens is 2. The van der Waals surface area contributed by atoms with Crippen LogP contribution >= 0.6 is 11.3 Å². The fraction of sp³-hybridized carbons (Fsp3) is 0.333. The zero-order chi connectivity index (χ0) is 22.9. The minimum atomic E-state index is -4.18. The quantitative estimate of drug-likeness (QED) is 0.538. The largest absolute Gasteiger partial charge is 0.465 e. The van der Waals surface area contributed by atoms with Gasteiger partial charge in [0.15, 0.2) is 0 Å². The lowest BCUT2D eigenvalue weighted by molar-refractivity contribution is -0.113. The van der Waals surface area contributed by atoms with E-state index in [9.17, 15) is 18.0 Å². The molecule has 1 aliphatic rings. The molecule has 2 aromatic heterocycles. The van der Waals surface area contributed by atoms with Crippen molar-refractivity contribution in [3.8, 4) is 11.5 Å². The van der Waals surface area contributed by atoms with Crippen molar-refractivity contribution in [3.63, 3.8) is 0 Å². The predicted octanol–water partition coefficient (Wildman–Crippen LogP) is 3.18. The SMILES string of the molecule is COC(=O)c1c(NC(=O)CS(=O)(=O)c2nnc(-c3cccc(C)c3)o2)sc2c1CCCC2. The fourth-order valence-electron chi connectivity index (χ4n) is 3.60. The van der Waals surface area contributed by atoms with Crippen LogP contribution in [0.1, 0.15) is 39.2 Å². The summed E-state index contributed by atoms with van der Waals surface area (Å²) in [6.07, 6.45) is 3.46. The normalized spacial score (nSPS) is 13.4. The minimum absolute atomic E-state index is 0.0478. The van der Waals surface area contributed by atoms with Gasteiger partial charge >= 0.3 is 11.2 Å². The van der Waals surface area contributed by atoms with Gasteiger partial charge in [0.25, 0.3) is 0 Å². The molecule has 4 rings (SSSR count). The van der Waals surface area contributed by atoms with Gasteiger partial charge in [-0.2, -0.15) is 0 Å². The monoisotopic (exact) mass is 475 g/mol. The summed E-state index contributed by atoms with van der Waals surface area (Å²) in [6.45, 7) is 1.88. The van der Waals surface area contributed by atoms with E-state index in [1.54, 1.807) is 18.2 Å². The third-order valence-electron chi connectivity index (χ3n) is 5.07. The highest BCUT2D eigenvalue weighted by atomic mass is 32.2. The van der Waals surface area contributed by atoms with E-state index < -0.39 is 32.7 Å². The number of nitrogens with zero attached hydrogens (tertiary/aromatic N) is 2. The van der Waals surface area contributed by atoms with Crippen LogP contribution in [0.2, 0.25) is 0 Å². The van der Waals surface area contributed by atoms with Gasteiger partial charge in [0.05, 0.1) is 12.7 Å². The van der Waals surface area contributed by atoms with Crippen LogP contribution in [0.3, 0.4) is 0 Å². The molecule has 0 atom stereocenters. The standard InChI is InChI=1S/C21H21N3O6S2/c1-12-6-5-7-13(10-12)18-23-24-21(30-18)32(27,28)11-16(25)22-19-17(20(26)29-2)14-8-3-4-9-15(14)31-19/h5-7,10H,3-4,8-9,11H2,1-2H3,(H,22,25). The summed E-state index contributed by atoms with van der Waals surface area (Å²) < 4.78 is 35.5. The van der Waals surface area contributed by atoms with Crippen LogP contribution in [-0.4, -0.2) is 43.4 Å². The molecular formula is C21H21N3O6S2. The zero-order valence-electron chi connectivity index (χ0n) is 17.5. The van der Waals surface area contributed by atoms with Crippen molar-refractivity contribution in [2.24, 2.45) is 0 Å². The Kier molecular flexibility index (Phi) is 6.11. The van der Waals surface area contributed by atoms with Crippen LogP contribution in [0, 0.1) is 6.92 Å². The number of methoxy groups -OCH3 is 1. The number of carbonyl (C=O) groups excluding carboxylic acids is 2. The first-order valence-electron chi connectivity index (χ1n) is 9.94. The Bertz CT molecular complexity index is 1290. The second kappa shape index (κ2) is 8.83. The highest BCUT2D eigenvalue weighted by Gasteiger charge is 2.30. The second-order valence-electron chi connectivity index (χ2n) is 7.46. The number of ether oxygens (including phenoxy) is 1. The summed E-state index contributed by atoms with van der Waals surface area (Å²) in [4.78, 5) is 25.9. The lowest BCUT2D eigenvalue weighted by atomic mass is 9.95. The molecule has 1 N–H and O–H groups in total. The number of aryl methyl sites for hydroxylation is 2. The van der Waals surface area contributed by atoms with Crippen LogP contribution < -0.4 is 5.32 Å². The molecule has 0 saturated heterocycles. The Morgan fingerprint density at radius 2 is 2.00 bits per heavy atom. The molecule has 1 aliphatic carbocycles. The zero-order valence-corrected chi connectivity index (χ0v) is 19.1. The van der Waals surface area contributed by atoms with E-state index in [0.29, 0.717) is 22.5 Å². The average Bonchev–Trinajstić information content (AvgIpc) is 3.38. The molecule has 0 aliphatic heterocycles. The Labute approximate surface area is 188 Å². The number of amides is 1. The number of thiophene rings is 1. The molecule has 9 nitrogen and oxygen atoms in total. The van der Waals surface area contributed by atoms with E-state index in [-0.39, 0.29) is 5.89 Å². The van der Waals surface area contributed by atoms with Gasteiger partial charge in [-0.3, -0.25) is 4.79 Å². The molecule has 0 unspecified atom stereocenters. The maximum Gasteiger partial charge on any atom is 0.341 e. The first-order chi connectivity index (χ1) is 15.3. The Hall–Kier alpha value is -3.05. The first-order valence-corrected chi connectivity index (χ1v) is 12.4. The van der Waals surface area contributed by atoms with Crippen LogP contribution in [0.5, 0.6) is 0 Å². The maximum absolute atomic E-state index is 12.7. The average molecular weight is 476 g/mol. The third-order valence-corrected chi connectivity index (χ3v) is 7.62. The van der Waals surface area contributed by atoms with Gasteiger partial charge in [0, 0.05) is 10.4 Å². The summed E-state index contributed by atoms with van der Waals surface area (Å²) in [5.41, 5.74) is 2.70. The first kappa shape index (κ1) is 22.2. The Balaban J connectivity index is 1.53. The highest BCUT2D eigenvalue weighted by molar-refractivity contribution is 7.91. The molecule has 1 aromatic carbocycles. The van der Waals surface area contributed by atoms with Crippen molar-refractivity contribution in [1.29, 1.82) is 0 Å². The number of benzene rings is 1. The van der Waals surface area contributed by atoms with Gasteiger partial charge in [-0.25, -0.2) is 13.2 Å². The molecule has 11 heteroatoms. The number of fused-ring (bicyclic) bond motifs is 1. The number of hydrogen-bond donors (Lipinski definition) is 1. The molecule has 0 spiro atoms. The number of esters is 1. The summed E-state index contributed by atoms with van der Waals surface area (Å²) in [7, 11) is -2.91. The van der Waals surface area contributed by atoms with Crippen LogP contribution in [0.4, 0.5) is 5.00 Å². The van der Waals surface area contributed by atoms with E-state index in [1.165, 1.54) is 18.4 Å². The minimum Gasteiger partial charge on any atom is -0.465 e. The molecule has 2 heterocycles. The van der Waals surface area contributed by atoms with Crippen molar-refractivity contribution in [2.75, 3.05) is 18.2 Å². The van der Waals surface area contributed by atoms with E-state index in [2.05, 4.69) is 15.5 Å². The predicted molar refractivity (Wildman–Crippen MR) is 117 cm³/mol. The maximum atomic E-state index is 12.7. The van der Waals surface area contributed by atoms with Crippen LogP contribution in [-0.2, 0) is 32.2 Å². The lowest BCUT2D eigenvalue weighted by Crippen LogP contribution is -2.24. The molecule has 3 aromatic rings. The Morgan fingerprint density at radius 1 is 1.22 bits per heavy atom. The second-order valence-corrected chi connectivity index (χ2v) is 10.4. The van der Waals surface area contributed by atoms with Crippen LogP contribution in [0.25, 0.3) is 11.5 Å². The number of nitrogens with one attached hydrogen (secondary N) is 1. The van der Waals surface area contributed by atoms with Gasteiger partial charge in [0.1, 0.15) is 10.8 Å².